The molecule has 1 aromatic rings. The van der Waals surface area contributed by atoms with Gasteiger partial charge in [0, 0.05) is 18.8 Å². The average molecular weight is 353 g/mol. The molecule has 4 rings (SSSR count). The van der Waals surface area contributed by atoms with Gasteiger partial charge in [-0.15, -0.1) is 0 Å². The van der Waals surface area contributed by atoms with Gasteiger partial charge in [-0.2, -0.15) is 0 Å². The maximum absolute atomic E-state index is 12.6. The van der Waals surface area contributed by atoms with Gasteiger partial charge in [0.05, 0.1) is 17.9 Å². The molecule has 3 aliphatic rings. The number of nitrogens with zero attached hydrogens (tertiary/aromatic N) is 2. The summed E-state index contributed by atoms with van der Waals surface area (Å²) < 4.78 is 0. The van der Waals surface area contributed by atoms with Gasteiger partial charge in [0.2, 0.25) is 11.8 Å². The van der Waals surface area contributed by atoms with Gasteiger partial charge < -0.3 is 10.2 Å². The molecule has 0 aromatic heterocycles. The Hall–Kier alpha value is -2.63. The number of anilines is 1. The van der Waals surface area contributed by atoms with Crippen LogP contribution in [0.3, 0.4) is 0 Å². The van der Waals surface area contributed by atoms with Crippen LogP contribution in [0, 0.1) is 25.7 Å². The van der Waals surface area contributed by atoms with Crippen LogP contribution in [0.1, 0.15) is 24.0 Å². The highest BCUT2D eigenvalue weighted by Crippen LogP contribution is 2.37. The Kier molecular flexibility index (Phi) is 4.05. The normalized spacial score (nSPS) is 25.3. The lowest BCUT2D eigenvalue weighted by Crippen LogP contribution is -2.63. The summed E-state index contributed by atoms with van der Waals surface area (Å²) in [7, 11) is 0. The van der Waals surface area contributed by atoms with Crippen molar-refractivity contribution in [3.63, 3.8) is 0 Å². The van der Waals surface area contributed by atoms with E-state index in [-0.39, 0.29) is 35.7 Å². The van der Waals surface area contributed by atoms with Gasteiger partial charge in [-0.25, -0.2) is 4.79 Å². The number of carbonyl (C=O) groups excluding carboxylic acids is 3. The molecule has 2 aliphatic heterocycles. The van der Waals surface area contributed by atoms with Gasteiger partial charge in [-0.05, 0) is 49.9 Å². The summed E-state index contributed by atoms with van der Waals surface area (Å²) in [6.45, 7) is 4.84. The van der Waals surface area contributed by atoms with Gasteiger partial charge in [0.25, 0.3) is 0 Å². The lowest BCUT2D eigenvalue weighted by molar-refractivity contribution is -0.145. The fraction of sp³-hybridized carbons (Fsp3) is 0.450. The molecule has 6 nitrogen and oxygen atoms in total. The van der Waals surface area contributed by atoms with Crippen molar-refractivity contribution in [3.8, 4) is 0 Å². The number of nitrogens with one attached hydrogen (secondary N) is 1. The van der Waals surface area contributed by atoms with Crippen LogP contribution >= 0.6 is 0 Å². The van der Waals surface area contributed by atoms with E-state index >= 15 is 0 Å². The van der Waals surface area contributed by atoms with Crippen LogP contribution in [0.5, 0.6) is 0 Å². The van der Waals surface area contributed by atoms with E-state index in [0.29, 0.717) is 25.9 Å². The molecule has 6 heteroatoms. The standard InChI is InChI=1S/C20H23N3O3/c1-12-7-8-14(9-13(12)2)21-20(26)22-10-15(11-22)23-18(24)16-5-3-4-6-17(16)19(23)25/h3-4,7-9,15-17H,5-6,10-11H2,1-2H3,(H,21,26). The molecule has 0 bridgehead atoms. The largest absolute Gasteiger partial charge is 0.321 e. The first kappa shape index (κ1) is 16.8. The molecule has 0 spiro atoms. The first-order valence-electron chi connectivity index (χ1n) is 9.11. The second-order valence-electron chi connectivity index (χ2n) is 7.49. The minimum absolute atomic E-state index is 0.0661. The van der Waals surface area contributed by atoms with Crippen LogP contribution in [0.25, 0.3) is 0 Å². The van der Waals surface area contributed by atoms with E-state index < -0.39 is 0 Å². The summed E-state index contributed by atoms with van der Waals surface area (Å²) in [6, 6.07) is 5.41. The highest BCUT2D eigenvalue weighted by atomic mass is 16.2. The monoisotopic (exact) mass is 353 g/mol. The molecule has 2 fully saturated rings. The van der Waals surface area contributed by atoms with Crippen LogP contribution in [-0.4, -0.2) is 46.8 Å². The summed E-state index contributed by atoms with van der Waals surface area (Å²) in [4.78, 5) is 40.6. The lowest BCUT2D eigenvalue weighted by Gasteiger charge is -2.43. The van der Waals surface area contributed by atoms with Crippen molar-refractivity contribution in [3.05, 3.63) is 41.5 Å². The summed E-state index contributed by atoms with van der Waals surface area (Å²) >= 11 is 0. The van der Waals surface area contributed by atoms with E-state index in [0.717, 1.165) is 11.3 Å². The summed E-state index contributed by atoms with van der Waals surface area (Å²) in [5.41, 5.74) is 3.05. The smallest absolute Gasteiger partial charge is 0.320 e. The number of likely N-dealkylation sites (tertiary alicyclic amines) is 2. The van der Waals surface area contributed by atoms with Crippen molar-refractivity contribution in [2.45, 2.75) is 32.7 Å². The average Bonchev–Trinajstić information content (AvgIpc) is 2.83. The number of rotatable bonds is 2. The first-order chi connectivity index (χ1) is 12.5. The van der Waals surface area contributed by atoms with Crippen molar-refractivity contribution in [1.82, 2.24) is 9.80 Å². The van der Waals surface area contributed by atoms with E-state index in [1.165, 1.54) is 10.5 Å². The Morgan fingerprint density at radius 2 is 1.62 bits per heavy atom. The molecule has 1 N–H and O–H groups in total. The molecule has 2 atom stereocenters. The Bertz CT molecular complexity index is 785. The molecule has 0 radical (unpaired) electrons. The minimum Gasteiger partial charge on any atom is -0.320 e. The van der Waals surface area contributed by atoms with Crippen molar-refractivity contribution in [2.24, 2.45) is 11.8 Å². The number of imide groups is 1. The highest BCUT2D eigenvalue weighted by Gasteiger charge is 2.52. The number of fused-ring (bicyclic) bond motifs is 1. The molecule has 26 heavy (non-hydrogen) atoms. The van der Waals surface area contributed by atoms with Crippen LogP contribution in [0.4, 0.5) is 10.5 Å². The molecule has 2 heterocycles. The number of benzene rings is 1. The number of hydrogen-bond donors (Lipinski definition) is 1. The Balaban J connectivity index is 1.36. The Labute approximate surface area is 152 Å². The van der Waals surface area contributed by atoms with Crippen molar-refractivity contribution < 1.29 is 14.4 Å². The predicted octanol–water partition coefficient (Wildman–Crippen LogP) is 2.47. The molecule has 4 amide bonds. The maximum atomic E-state index is 12.6. The van der Waals surface area contributed by atoms with Crippen molar-refractivity contribution in [1.29, 1.82) is 0 Å². The zero-order valence-corrected chi connectivity index (χ0v) is 15.1. The van der Waals surface area contributed by atoms with Crippen molar-refractivity contribution in [2.75, 3.05) is 18.4 Å². The Morgan fingerprint density at radius 1 is 1.00 bits per heavy atom. The van der Waals surface area contributed by atoms with Gasteiger partial charge in [0.15, 0.2) is 0 Å². The first-order valence-corrected chi connectivity index (χ1v) is 9.11. The highest BCUT2D eigenvalue weighted by molar-refractivity contribution is 6.06. The third-order valence-corrected chi connectivity index (χ3v) is 5.81. The van der Waals surface area contributed by atoms with Gasteiger partial charge in [-0.3, -0.25) is 14.5 Å². The SMILES string of the molecule is Cc1ccc(NC(=O)N2CC(N3C(=O)C4CC=CCC4C3=O)C2)cc1C. The topological polar surface area (TPSA) is 69.7 Å². The summed E-state index contributed by atoms with van der Waals surface area (Å²) in [6.07, 6.45) is 5.27. The summed E-state index contributed by atoms with van der Waals surface area (Å²) in [5.74, 6) is -0.538. The molecule has 0 saturated carbocycles. The molecular weight excluding hydrogens is 330 g/mol. The lowest BCUT2D eigenvalue weighted by atomic mass is 9.85. The number of aryl methyl sites for hydroxylation is 2. The zero-order valence-electron chi connectivity index (χ0n) is 15.1. The minimum atomic E-state index is -0.203. The van der Waals surface area contributed by atoms with Gasteiger partial charge in [0.1, 0.15) is 0 Å². The van der Waals surface area contributed by atoms with Crippen LogP contribution in [0.15, 0.2) is 30.4 Å². The van der Waals surface area contributed by atoms with E-state index in [9.17, 15) is 14.4 Å². The molecule has 1 aromatic carbocycles. The molecular formula is C20H23N3O3. The Morgan fingerprint density at radius 3 is 2.19 bits per heavy atom. The fourth-order valence-corrected chi connectivity index (χ4v) is 3.99. The molecule has 2 unspecified atom stereocenters. The molecule has 2 saturated heterocycles. The van der Waals surface area contributed by atoms with E-state index in [2.05, 4.69) is 5.32 Å². The summed E-state index contributed by atoms with van der Waals surface area (Å²) in [5, 5.41) is 2.88. The van der Waals surface area contributed by atoms with Gasteiger partial charge in [-0.1, -0.05) is 18.2 Å². The van der Waals surface area contributed by atoms with E-state index in [1.54, 1.807) is 4.90 Å². The maximum Gasteiger partial charge on any atom is 0.321 e. The van der Waals surface area contributed by atoms with Crippen molar-refractivity contribution >= 4 is 23.5 Å². The third-order valence-electron chi connectivity index (χ3n) is 5.81. The second kappa shape index (κ2) is 6.27. The number of urea groups is 1. The number of amides is 4. The fourth-order valence-electron chi connectivity index (χ4n) is 3.99. The molecule has 136 valence electrons. The van der Waals surface area contributed by atoms with Crippen LogP contribution in [-0.2, 0) is 9.59 Å². The third kappa shape index (κ3) is 2.69. The predicted molar refractivity (Wildman–Crippen MR) is 97.5 cm³/mol. The van der Waals surface area contributed by atoms with Gasteiger partial charge >= 0.3 is 6.03 Å². The number of allylic oxidation sites excluding steroid dienone is 2. The van der Waals surface area contributed by atoms with Crippen LogP contribution < -0.4 is 5.32 Å². The second-order valence-corrected chi connectivity index (χ2v) is 7.49. The number of carbonyl (C=O) groups is 3. The molecule has 1 aliphatic carbocycles. The zero-order chi connectivity index (χ0) is 18.4. The van der Waals surface area contributed by atoms with E-state index in [1.807, 2.05) is 44.2 Å². The number of hydrogen-bond acceptors (Lipinski definition) is 3. The van der Waals surface area contributed by atoms with E-state index in [4.69, 9.17) is 0 Å². The quantitative estimate of drug-likeness (QED) is 0.656. The van der Waals surface area contributed by atoms with Crippen LogP contribution in [0.2, 0.25) is 0 Å².